The van der Waals surface area contributed by atoms with Gasteiger partial charge in [-0.3, -0.25) is 0 Å². The van der Waals surface area contributed by atoms with E-state index in [1.54, 1.807) is 11.4 Å². The van der Waals surface area contributed by atoms with Gasteiger partial charge in [-0.1, -0.05) is 14.4 Å². The van der Waals surface area contributed by atoms with Crippen LogP contribution in [0.2, 0.25) is 0 Å². The first-order valence-electron chi connectivity index (χ1n) is 1.35. The maximum atomic E-state index is 3.52. The molecule has 0 saturated carbocycles. The minimum absolute atomic E-state index is 0.956. The molecule has 0 radical (unpaired) electrons. The monoisotopic (exact) mass is 106 g/mol. The van der Waals surface area contributed by atoms with Crippen molar-refractivity contribution in [1.29, 1.82) is 0 Å². The molecule has 0 nitrogen and oxygen atoms in total. The topological polar surface area (TPSA) is 0 Å². The van der Waals surface area contributed by atoms with Crippen molar-refractivity contribution >= 4 is 19.2 Å². The van der Waals surface area contributed by atoms with Crippen LogP contribution in [0.25, 0.3) is 0 Å². The summed E-state index contributed by atoms with van der Waals surface area (Å²) in [5.41, 5.74) is 0. The highest BCUT2D eigenvalue weighted by atomic mass is 32.7. The van der Waals surface area contributed by atoms with Crippen LogP contribution in [0.15, 0.2) is 12.0 Å². The first-order chi connectivity index (χ1) is 2.41. The molecule has 30 valence electrons. The lowest BCUT2D eigenvalue weighted by molar-refractivity contribution is 2.51. The lowest BCUT2D eigenvalue weighted by atomic mass is 11.3. The van der Waals surface area contributed by atoms with E-state index in [1.165, 1.54) is 0 Å². The fraction of sp³-hybridized carbons (Fsp3) is 0.333. The second kappa shape index (κ2) is 4.52. The van der Waals surface area contributed by atoms with Crippen molar-refractivity contribution in [3.05, 3.63) is 12.0 Å². The molecule has 0 aromatic rings. The average Bonchev–Trinajstić information content (AvgIpc) is 1.41. The third-order valence-electron chi connectivity index (χ3n) is 0.201. The summed E-state index contributed by atoms with van der Waals surface area (Å²) in [4.78, 5) is 0. The molecule has 0 heterocycles. The van der Waals surface area contributed by atoms with Crippen molar-refractivity contribution in [2.45, 2.75) is 0 Å². The summed E-state index contributed by atoms with van der Waals surface area (Å²) in [6.45, 7) is 5.65. The van der Waals surface area contributed by atoms with E-state index in [0.717, 1.165) is 7.78 Å². The van der Waals surface area contributed by atoms with Crippen molar-refractivity contribution in [3.63, 3.8) is 0 Å². The lowest BCUT2D eigenvalue weighted by Gasteiger charge is -1.74. The molecule has 0 aromatic carbocycles. The van der Waals surface area contributed by atoms with E-state index in [9.17, 15) is 0 Å². The van der Waals surface area contributed by atoms with Gasteiger partial charge in [0.25, 0.3) is 0 Å². The Balaban J connectivity index is 2.40. The van der Waals surface area contributed by atoms with Gasteiger partial charge in [-0.05, 0) is 12.1 Å². The molecule has 5 heavy (non-hydrogen) atoms. The molecule has 0 fully saturated rings. The zero-order chi connectivity index (χ0) is 4.12. The quantitative estimate of drug-likeness (QED) is 0.486. The molecule has 0 amide bonds. The van der Waals surface area contributed by atoms with E-state index in [0.29, 0.717) is 0 Å². The van der Waals surface area contributed by atoms with Crippen LogP contribution in [-0.4, -0.2) is 6.66 Å². The minimum atomic E-state index is 0.956. The summed E-state index contributed by atoms with van der Waals surface area (Å²) >= 11 is 1.75. The Bertz CT molecular complexity index is 28.1. The third-order valence-corrected chi connectivity index (χ3v) is 1.81. The van der Waals surface area contributed by atoms with Crippen LogP contribution >= 0.6 is 19.2 Å². The lowest BCUT2D eigenvalue weighted by Crippen LogP contribution is -1.23. The SMILES string of the molecule is C=CSPC. The summed E-state index contributed by atoms with van der Waals surface area (Å²) in [7, 11) is 0.956. The molecule has 0 saturated heterocycles. The molecule has 2 heteroatoms. The second-order valence-electron chi connectivity index (χ2n) is 0.489. The van der Waals surface area contributed by atoms with Gasteiger partial charge in [-0.15, -0.1) is 11.4 Å². The summed E-state index contributed by atoms with van der Waals surface area (Å²) in [5.74, 6) is 0. The molecule has 0 aliphatic heterocycles. The van der Waals surface area contributed by atoms with E-state index in [2.05, 4.69) is 13.2 Å². The highest BCUT2D eigenvalue weighted by Gasteiger charge is 1.60. The van der Waals surface area contributed by atoms with E-state index < -0.39 is 0 Å². The van der Waals surface area contributed by atoms with Crippen molar-refractivity contribution in [1.82, 2.24) is 0 Å². The van der Waals surface area contributed by atoms with Gasteiger partial charge in [0.2, 0.25) is 0 Å². The van der Waals surface area contributed by atoms with Crippen molar-refractivity contribution < 1.29 is 0 Å². The van der Waals surface area contributed by atoms with Gasteiger partial charge in [-0.25, -0.2) is 0 Å². The Hall–Kier alpha value is 0.520. The van der Waals surface area contributed by atoms with Crippen LogP contribution in [0.5, 0.6) is 0 Å². The number of rotatable bonds is 2. The Kier molecular flexibility index (Phi) is 4.99. The first kappa shape index (κ1) is 5.52. The Morgan fingerprint density at radius 1 is 2.00 bits per heavy atom. The van der Waals surface area contributed by atoms with Gasteiger partial charge in [0.05, 0.1) is 0 Å². The van der Waals surface area contributed by atoms with Crippen LogP contribution in [-0.2, 0) is 0 Å². The zero-order valence-electron chi connectivity index (χ0n) is 3.19. The zero-order valence-corrected chi connectivity index (χ0v) is 5.01. The van der Waals surface area contributed by atoms with Crippen LogP contribution in [0, 0.1) is 0 Å². The average molecular weight is 106 g/mol. The highest BCUT2D eigenvalue weighted by molar-refractivity contribution is 8.50. The maximum absolute atomic E-state index is 3.52. The second-order valence-corrected chi connectivity index (χ2v) is 3.40. The Labute approximate surface area is 38.6 Å². The van der Waals surface area contributed by atoms with E-state index in [4.69, 9.17) is 0 Å². The van der Waals surface area contributed by atoms with Crippen molar-refractivity contribution in [2.24, 2.45) is 0 Å². The first-order valence-corrected chi connectivity index (χ1v) is 4.45. The smallest absolute Gasteiger partial charge is 0.0323 e. The molecule has 0 N–H and O–H groups in total. The van der Waals surface area contributed by atoms with Crippen LogP contribution in [0.1, 0.15) is 0 Å². The highest BCUT2D eigenvalue weighted by Crippen LogP contribution is 2.23. The van der Waals surface area contributed by atoms with E-state index >= 15 is 0 Å². The van der Waals surface area contributed by atoms with Gasteiger partial charge >= 0.3 is 0 Å². The van der Waals surface area contributed by atoms with E-state index in [-0.39, 0.29) is 0 Å². The predicted molar refractivity (Wildman–Crippen MR) is 32.0 cm³/mol. The normalized spacial score (nSPS) is 9.80. The molecule has 0 aliphatic rings. The largest absolute Gasteiger partial charge is 0.111 e. The molecule has 1 unspecified atom stereocenters. The Morgan fingerprint density at radius 2 is 2.60 bits per heavy atom. The van der Waals surface area contributed by atoms with Crippen LogP contribution < -0.4 is 0 Å². The molecule has 0 rings (SSSR count). The van der Waals surface area contributed by atoms with Crippen LogP contribution in [0.3, 0.4) is 0 Å². The molecular formula is C3H7PS. The number of hydrogen-bond acceptors (Lipinski definition) is 1. The maximum Gasteiger partial charge on any atom is -0.0323 e. The summed E-state index contributed by atoms with van der Waals surface area (Å²) in [5, 5.41) is 1.86. The minimum Gasteiger partial charge on any atom is -0.111 e. The molecule has 0 spiro atoms. The van der Waals surface area contributed by atoms with E-state index in [1.807, 2.05) is 5.41 Å². The predicted octanol–water partition coefficient (Wildman–Crippen LogP) is 2.09. The van der Waals surface area contributed by atoms with Gasteiger partial charge in [0.1, 0.15) is 0 Å². The van der Waals surface area contributed by atoms with Gasteiger partial charge < -0.3 is 0 Å². The molecule has 0 aromatic heterocycles. The van der Waals surface area contributed by atoms with Gasteiger partial charge in [0, 0.05) is 0 Å². The summed E-state index contributed by atoms with van der Waals surface area (Å²) < 4.78 is 0. The van der Waals surface area contributed by atoms with Gasteiger partial charge in [0.15, 0.2) is 0 Å². The fourth-order valence-electron chi connectivity index (χ4n) is 0.0833. The van der Waals surface area contributed by atoms with Gasteiger partial charge in [-0.2, -0.15) is 0 Å². The third kappa shape index (κ3) is 4.52. The fourth-order valence-corrected chi connectivity index (χ4v) is 0.750. The molecular weight excluding hydrogens is 99.1 g/mol. The molecule has 1 atom stereocenters. The van der Waals surface area contributed by atoms with Crippen molar-refractivity contribution in [3.8, 4) is 0 Å². The molecule has 0 bridgehead atoms. The standard InChI is InChI=1S/C3H7PS/c1-3-5-4-2/h3-4H,1H2,2H3. The summed E-state index contributed by atoms with van der Waals surface area (Å²) in [6, 6.07) is 0. The molecule has 0 aliphatic carbocycles. The summed E-state index contributed by atoms with van der Waals surface area (Å²) in [6.07, 6.45) is 0. The van der Waals surface area contributed by atoms with Crippen LogP contribution in [0.4, 0.5) is 0 Å². The Morgan fingerprint density at radius 3 is 2.60 bits per heavy atom. The van der Waals surface area contributed by atoms with Crippen molar-refractivity contribution in [2.75, 3.05) is 6.66 Å². The number of hydrogen-bond donors (Lipinski definition) is 0.